The first-order chi connectivity index (χ1) is 17.1. The van der Waals surface area contributed by atoms with Gasteiger partial charge in [0, 0.05) is 27.9 Å². The van der Waals surface area contributed by atoms with Crippen molar-refractivity contribution in [2.24, 2.45) is 0 Å². The monoisotopic (exact) mass is 455 g/mol. The average Bonchev–Trinajstić information content (AvgIpc) is 3.30. The molecule has 1 unspecified atom stereocenters. The van der Waals surface area contributed by atoms with Crippen LogP contribution in [0.4, 0.5) is 0 Å². The van der Waals surface area contributed by atoms with E-state index in [0.717, 1.165) is 33.3 Å². The number of ketones is 2. The number of aromatic nitrogens is 1. The Kier molecular flexibility index (Phi) is 4.93. The number of H-pyrrole nitrogens is 1. The van der Waals surface area contributed by atoms with Crippen LogP contribution in [0.15, 0.2) is 115 Å². The van der Waals surface area contributed by atoms with Gasteiger partial charge >= 0.3 is 0 Å². The zero-order valence-electron chi connectivity index (χ0n) is 18.7. The van der Waals surface area contributed by atoms with E-state index >= 15 is 0 Å². The van der Waals surface area contributed by atoms with Gasteiger partial charge in [0.1, 0.15) is 5.76 Å². The molecule has 168 valence electrons. The highest BCUT2D eigenvalue weighted by atomic mass is 16.3. The molecule has 0 saturated carbocycles. The van der Waals surface area contributed by atoms with Crippen LogP contribution >= 0.6 is 0 Å². The Labute approximate surface area is 202 Å². The average molecular weight is 456 g/mol. The number of aliphatic hydroxyl groups excluding tert-OH is 1. The van der Waals surface area contributed by atoms with Crippen molar-refractivity contribution < 1.29 is 14.7 Å². The molecule has 2 N–H and O–H groups in total. The zero-order chi connectivity index (χ0) is 23.9. The number of nitrogens with one attached hydrogen (secondary N) is 1. The summed E-state index contributed by atoms with van der Waals surface area (Å²) >= 11 is 0. The van der Waals surface area contributed by atoms with E-state index in [9.17, 15) is 14.7 Å². The highest BCUT2D eigenvalue weighted by Crippen LogP contribution is 2.46. The molecule has 0 radical (unpaired) electrons. The van der Waals surface area contributed by atoms with E-state index in [2.05, 4.69) is 4.98 Å². The number of benzene rings is 4. The van der Waals surface area contributed by atoms with Crippen molar-refractivity contribution >= 4 is 28.2 Å². The van der Waals surface area contributed by atoms with Gasteiger partial charge in [-0.15, -0.1) is 0 Å². The summed E-state index contributed by atoms with van der Waals surface area (Å²) < 4.78 is 0. The number of Topliss-reactive ketones (excluding diaryl/α,β-unsaturated/α-hetero) is 2. The number of rotatable bonds is 4. The molecule has 1 heterocycles. The second-order valence-electron chi connectivity index (χ2n) is 8.64. The predicted octanol–water partition coefficient (Wildman–Crippen LogP) is 6.70. The summed E-state index contributed by atoms with van der Waals surface area (Å²) in [5, 5.41) is 12.4. The fraction of sp³-hybridized carbons (Fsp3) is 0.0323. The van der Waals surface area contributed by atoms with E-state index < -0.39 is 17.5 Å². The minimum absolute atomic E-state index is 0.0989. The summed E-state index contributed by atoms with van der Waals surface area (Å²) in [5.41, 5.74) is 5.09. The van der Waals surface area contributed by atoms with Crippen molar-refractivity contribution in [3.05, 3.63) is 137 Å². The van der Waals surface area contributed by atoms with Crippen LogP contribution in [0.5, 0.6) is 0 Å². The highest BCUT2D eigenvalue weighted by Gasteiger charge is 2.39. The highest BCUT2D eigenvalue weighted by molar-refractivity contribution is 6.52. The molecule has 1 atom stereocenters. The molecule has 0 amide bonds. The predicted molar refractivity (Wildman–Crippen MR) is 137 cm³/mol. The Balaban J connectivity index is 1.72. The van der Waals surface area contributed by atoms with E-state index in [-0.39, 0.29) is 16.9 Å². The molecule has 0 bridgehead atoms. The summed E-state index contributed by atoms with van der Waals surface area (Å²) in [5.74, 6) is -2.09. The van der Waals surface area contributed by atoms with Gasteiger partial charge in [0.2, 0.25) is 11.6 Å². The topological polar surface area (TPSA) is 70.2 Å². The molecular formula is C31H21NO3. The van der Waals surface area contributed by atoms with Crippen LogP contribution in [0.1, 0.15) is 33.0 Å². The van der Waals surface area contributed by atoms with Crippen LogP contribution in [-0.4, -0.2) is 21.7 Å². The lowest BCUT2D eigenvalue weighted by atomic mass is 9.75. The van der Waals surface area contributed by atoms with Crippen molar-refractivity contribution in [3.63, 3.8) is 0 Å². The van der Waals surface area contributed by atoms with Crippen LogP contribution in [-0.2, 0) is 4.79 Å². The van der Waals surface area contributed by atoms with Gasteiger partial charge in [-0.3, -0.25) is 9.59 Å². The lowest BCUT2D eigenvalue weighted by molar-refractivity contribution is -0.112. The Hall–Kier alpha value is -4.70. The zero-order valence-corrected chi connectivity index (χ0v) is 18.7. The van der Waals surface area contributed by atoms with Crippen LogP contribution in [0.25, 0.3) is 27.9 Å². The minimum Gasteiger partial charge on any atom is -0.507 e. The quantitative estimate of drug-likeness (QED) is 0.296. The maximum absolute atomic E-state index is 13.6. The number of fused-ring (bicyclic) bond motifs is 2. The summed E-state index contributed by atoms with van der Waals surface area (Å²) in [7, 11) is 0. The number of aromatic amines is 1. The minimum atomic E-state index is -0.681. The number of carbonyl (C=O) groups excluding carboxylic acids is 2. The molecule has 1 aliphatic carbocycles. The second kappa shape index (κ2) is 8.26. The standard InChI is InChI=1S/C31H21NO3/c33-29-21-15-7-8-16-22(21)30(34)31(35)27(29)25(19-11-3-1-4-12-19)26-23-17-9-10-18-24(23)32-28(26)20-13-5-2-6-14-20/h1-18,25,32-33H. The molecule has 5 aromatic rings. The number of hydrogen-bond donors (Lipinski definition) is 2. The lowest BCUT2D eigenvalue weighted by Crippen LogP contribution is -2.28. The number of aliphatic hydroxyl groups is 1. The van der Waals surface area contributed by atoms with E-state index in [4.69, 9.17) is 0 Å². The molecule has 4 nitrogen and oxygen atoms in total. The lowest BCUT2D eigenvalue weighted by Gasteiger charge is -2.26. The number of allylic oxidation sites excluding steroid dienone is 1. The maximum atomic E-state index is 13.6. The van der Waals surface area contributed by atoms with Crippen LogP contribution in [0.2, 0.25) is 0 Å². The number of hydrogen-bond acceptors (Lipinski definition) is 3. The van der Waals surface area contributed by atoms with Crippen LogP contribution in [0.3, 0.4) is 0 Å². The van der Waals surface area contributed by atoms with Gasteiger partial charge in [-0.25, -0.2) is 0 Å². The van der Waals surface area contributed by atoms with Gasteiger partial charge in [0.05, 0.1) is 11.3 Å². The Morgan fingerprint density at radius 1 is 0.629 bits per heavy atom. The second-order valence-corrected chi connectivity index (χ2v) is 8.64. The van der Waals surface area contributed by atoms with E-state index in [1.54, 1.807) is 24.3 Å². The van der Waals surface area contributed by atoms with Gasteiger partial charge in [-0.05, 0) is 22.8 Å². The van der Waals surface area contributed by atoms with Gasteiger partial charge in [-0.1, -0.05) is 103 Å². The van der Waals surface area contributed by atoms with Gasteiger partial charge in [0.15, 0.2) is 0 Å². The molecule has 35 heavy (non-hydrogen) atoms. The van der Waals surface area contributed by atoms with E-state index in [1.165, 1.54) is 0 Å². The van der Waals surface area contributed by atoms with E-state index in [1.807, 2.05) is 84.9 Å². The van der Waals surface area contributed by atoms with Crippen molar-refractivity contribution in [2.45, 2.75) is 5.92 Å². The van der Waals surface area contributed by atoms with E-state index in [0.29, 0.717) is 5.56 Å². The smallest absolute Gasteiger partial charge is 0.234 e. The molecule has 4 heteroatoms. The summed E-state index contributed by atoms with van der Waals surface area (Å²) in [6, 6.07) is 34.1. The van der Waals surface area contributed by atoms with Gasteiger partial charge < -0.3 is 10.1 Å². The third-order valence-corrected chi connectivity index (χ3v) is 6.65. The fourth-order valence-corrected chi connectivity index (χ4v) is 5.07. The summed E-state index contributed by atoms with van der Waals surface area (Å²) in [4.78, 5) is 30.3. The van der Waals surface area contributed by atoms with Crippen LogP contribution < -0.4 is 0 Å². The number of para-hydroxylation sites is 1. The molecule has 4 aromatic carbocycles. The fourth-order valence-electron chi connectivity index (χ4n) is 5.07. The Morgan fingerprint density at radius 2 is 1.23 bits per heavy atom. The van der Waals surface area contributed by atoms with Crippen molar-refractivity contribution in [3.8, 4) is 11.3 Å². The molecular weight excluding hydrogens is 434 g/mol. The van der Waals surface area contributed by atoms with Gasteiger partial charge in [-0.2, -0.15) is 0 Å². The number of carbonyl (C=O) groups is 2. The third-order valence-electron chi connectivity index (χ3n) is 6.65. The largest absolute Gasteiger partial charge is 0.507 e. The Morgan fingerprint density at radius 3 is 1.97 bits per heavy atom. The SMILES string of the molecule is O=C1C(=O)c2ccccc2C(O)=C1C(c1ccccc1)c1c(-c2ccccc2)[nH]c2ccccc12. The molecule has 6 rings (SSSR count). The van der Waals surface area contributed by atoms with Crippen molar-refractivity contribution in [2.75, 3.05) is 0 Å². The Bertz CT molecular complexity index is 1630. The maximum Gasteiger partial charge on any atom is 0.234 e. The first-order valence-electron chi connectivity index (χ1n) is 11.5. The molecule has 0 spiro atoms. The summed E-state index contributed by atoms with van der Waals surface area (Å²) in [6.07, 6.45) is 0. The first-order valence-corrected chi connectivity index (χ1v) is 11.5. The van der Waals surface area contributed by atoms with Crippen LogP contribution in [0, 0.1) is 0 Å². The van der Waals surface area contributed by atoms with Gasteiger partial charge in [0.25, 0.3) is 0 Å². The molecule has 1 aliphatic rings. The molecule has 0 aliphatic heterocycles. The third kappa shape index (κ3) is 3.30. The van der Waals surface area contributed by atoms with Crippen molar-refractivity contribution in [1.82, 2.24) is 4.98 Å². The molecule has 0 fully saturated rings. The summed E-state index contributed by atoms with van der Waals surface area (Å²) in [6.45, 7) is 0. The molecule has 1 aromatic heterocycles. The first kappa shape index (κ1) is 20.9. The van der Waals surface area contributed by atoms with Crippen molar-refractivity contribution in [1.29, 1.82) is 0 Å². The normalized spacial score (nSPS) is 14.3. The molecule has 0 saturated heterocycles.